The summed E-state index contributed by atoms with van der Waals surface area (Å²) in [6, 6.07) is 0. The minimum absolute atomic E-state index is 0.133. The fraction of sp³-hybridized carbons (Fsp3) is 0.706. The molecular formula is C17H23NOS. The van der Waals surface area contributed by atoms with E-state index in [1.54, 1.807) is 11.3 Å². The molecule has 1 N–H and O–H groups in total. The van der Waals surface area contributed by atoms with Crippen LogP contribution in [-0.4, -0.2) is 11.4 Å². The lowest BCUT2D eigenvalue weighted by molar-refractivity contribution is -0.0167. The maximum Gasteiger partial charge on any atom is 0.252 e. The van der Waals surface area contributed by atoms with Crippen molar-refractivity contribution in [1.29, 1.82) is 0 Å². The van der Waals surface area contributed by atoms with Gasteiger partial charge in [-0.1, -0.05) is 0 Å². The molecule has 4 bridgehead atoms. The highest BCUT2D eigenvalue weighted by atomic mass is 32.1. The first-order chi connectivity index (χ1) is 9.55. The van der Waals surface area contributed by atoms with E-state index in [-0.39, 0.29) is 11.4 Å². The second-order valence-corrected chi connectivity index (χ2v) is 8.57. The van der Waals surface area contributed by atoms with Crippen molar-refractivity contribution in [3.8, 4) is 0 Å². The normalized spacial score (nSPS) is 38.2. The van der Waals surface area contributed by atoms with Crippen molar-refractivity contribution in [1.82, 2.24) is 5.32 Å². The van der Waals surface area contributed by atoms with Gasteiger partial charge in [0, 0.05) is 15.8 Å². The van der Waals surface area contributed by atoms with Gasteiger partial charge >= 0.3 is 0 Å². The molecule has 108 valence electrons. The second-order valence-electron chi connectivity index (χ2n) is 7.48. The summed E-state index contributed by atoms with van der Waals surface area (Å²) in [6.45, 7) is 4.17. The molecule has 1 aromatic heterocycles. The molecular weight excluding hydrogens is 266 g/mol. The van der Waals surface area contributed by atoms with E-state index in [9.17, 15) is 4.79 Å². The van der Waals surface area contributed by atoms with Gasteiger partial charge in [0.05, 0.1) is 5.56 Å². The van der Waals surface area contributed by atoms with Gasteiger partial charge in [-0.3, -0.25) is 4.79 Å². The van der Waals surface area contributed by atoms with Crippen LogP contribution >= 0.6 is 11.3 Å². The quantitative estimate of drug-likeness (QED) is 0.874. The van der Waals surface area contributed by atoms with Gasteiger partial charge in [-0.05, 0) is 75.7 Å². The lowest BCUT2D eigenvalue weighted by Crippen LogP contribution is -2.59. The van der Waals surface area contributed by atoms with Gasteiger partial charge in [0.1, 0.15) is 0 Å². The fourth-order valence-electron chi connectivity index (χ4n) is 5.31. The molecule has 0 aromatic carbocycles. The number of carbonyl (C=O) groups excluding carboxylic acids is 1. The number of nitrogens with one attached hydrogen (secondary N) is 1. The van der Waals surface area contributed by atoms with Crippen molar-refractivity contribution < 1.29 is 4.79 Å². The Balaban J connectivity index is 1.57. The monoisotopic (exact) mass is 289 g/mol. The van der Waals surface area contributed by atoms with Crippen molar-refractivity contribution in [2.24, 2.45) is 17.8 Å². The highest BCUT2D eigenvalue weighted by molar-refractivity contribution is 7.10. The van der Waals surface area contributed by atoms with Gasteiger partial charge in [-0.15, -0.1) is 11.3 Å². The van der Waals surface area contributed by atoms with Crippen LogP contribution in [0.1, 0.15) is 59.3 Å². The van der Waals surface area contributed by atoms with Gasteiger partial charge in [0.2, 0.25) is 0 Å². The zero-order chi connectivity index (χ0) is 13.9. The molecule has 3 heteroatoms. The first-order valence-corrected chi connectivity index (χ1v) is 8.80. The summed E-state index contributed by atoms with van der Waals surface area (Å²) in [4.78, 5) is 13.9. The van der Waals surface area contributed by atoms with E-state index in [1.807, 2.05) is 5.38 Å². The van der Waals surface area contributed by atoms with E-state index in [2.05, 4.69) is 19.2 Å². The Hall–Kier alpha value is -0.830. The standard InChI is InChI=1S/C17H23NOS/c1-10-11(2)20-9-15(10)16(19)18-17-6-12-3-13(7-17)5-14(4-12)8-17/h9,12-14H,3-8H2,1-2H3,(H,18,19). The maximum atomic E-state index is 12.7. The van der Waals surface area contributed by atoms with Gasteiger partial charge in [0.15, 0.2) is 0 Å². The van der Waals surface area contributed by atoms with E-state index in [0.29, 0.717) is 0 Å². The van der Waals surface area contributed by atoms with Gasteiger partial charge < -0.3 is 5.32 Å². The Labute approximate surface area is 125 Å². The third-order valence-corrected chi connectivity index (χ3v) is 6.96. The topological polar surface area (TPSA) is 29.1 Å². The Morgan fingerprint density at radius 3 is 2.15 bits per heavy atom. The van der Waals surface area contributed by atoms with Crippen LogP contribution in [0, 0.1) is 31.6 Å². The first kappa shape index (κ1) is 12.9. The molecule has 0 saturated heterocycles. The Morgan fingerprint density at radius 2 is 1.70 bits per heavy atom. The molecule has 4 aliphatic carbocycles. The minimum Gasteiger partial charge on any atom is -0.347 e. The SMILES string of the molecule is Cc1scc(C(=O)NC23CC4CC(CC(C4)C2)C3)c1C. The Morgan fingerprint density at radius 1 is 1.15 bits per heavy atom. The van der Waals surface area contributed by atoms with E-state index < -0.39 is 0 Å². The van der Waals surface area contributed by atoms with Crippen LogP contribution < -0.4 is 5.32 Å². The molecule has 1 amide bonds. The highest BCUT2D eigenvalue weighted by Crippen LogP contribution is 2.55. The lowest BCUT2D eigenvalue weighted by atomic mass is 9.53. The molecule has 20 heavy (non-hydrogen) atoms. The summed E-state index contributed by atoms with van der Waals surface area (Å²) >= 11 is 1.69. The van der Waals surface area contributed by atoms with Crippen molar-refractivity contribution >= 4 is 17.2 Å². The molecule has 4 fully saturated rings. The Kier molecular flexibility index (Phi) is 2.79. The molecule has 0 unspecified atom stereocenters. The summed E-state index contributed by atoms with van der Waals surface area (Å²) in [5.74, 6) is 2.82. The summed E-state index contributed by atoms with van der Waals surface area (Å²) in [7, 11) is 0. The smallest absolute Gasteiger partial charge is 0.252 e. The van der Waals surface area contributed by atoms with E-state index in [0.717, 1.165) is 28.9 Å². The molecule has 0 radical (unpaired) electrons. The number of aryl methyl sites for hydroxylation is 1. The van der Waals surface area contributed by atoms with Crippen LogP contribution in [0.4, 0.5) is 0 Å². The number of hydrogen-bond acceptors (Lipinski definition) is 2. The molecule has 5 rings (SSSR count). The van der Waals surface area contributed by atoms with Gasteiger partial charge in [-0.2, -0.15) is 0 Å². The maximum absolute atomic E-state index is 12.7. The molecule has 4 saturated carbocycles. The van der Waals surface area contributed by atoms with E-state index in [1.165, 1.54) is 43.4 Å². The molecule has 1 heterocycles. The molecule has 2 nitrogen and oxygen atoms in total. The van der Waals surface area contributed by atoms with Crippen LogP contribution in [-0.2, 0) is 0 Å². The van der Waals surface area contributed by atoms with Crippen molar-refractivity contribution in [3.63, 3.8) is 0 Å². The Bertz CT molecular complexity index is 524. The van der Waals surface area contributed by atoms with Crippen molar-refractivity contribution in [2.75, 3.05) is 0 Å². The van der Waals surface area contributed by atoms with Crippen molar-refractivity contribution in [3.05, 3.63) is 21.4 Å². The number of carbonyl (C=O) groups is 1. The van der Waals surface area contributed by atoms with Gasteiger partial charge in [-0.25, -0.2) is 0 Å². The number of amides is 1. The van der Waals surface area contributed by atoms with Crippen molar-refractivity contribution in [2.45, 2.75) is 57.9 Å². The van der Waals surface area contributed by atoms with Crippen LogP contribution in [0.2, 0.25) is 0 Å². The second kappa shape index (κ2) is 4.33. The lowest BCUT2D eigenvalue weighted by Gasteiger charge is -2.56. The predicted molar refractivity (Wildman–Crippen MR) is 82.2 cm³/mol. The summed E-state index contributed by atoms with van der Waals surface area (Å²) < 4.78 is 0. The van der Waals surface area contributed by atoms with Crippen LogP contribution in [0.3, 0.4) is 0 Å². The third kappa shape index (κ3) is 1.93. The summed E-state index contributed by atoms with van der Waals surface area (Å²) in [5, 5.41) is 5.49. The average Bonchev–Trinajstić information content (AvgIpc) is 2.67. The fourth-order valence-corrected chi connectivity index (χ4v) is 6.17. The summed E-state index contributed by atoms with van der Waals surface area (Å²) in [6.07, 6.45) is 7.95. The van der Waals surface area contributed by atoms with E-state index in [4.69, 9.17) is 0 Å². The molecule has 0 spiro atoms. The summed E-state index contributed by atoms with van der Waals surface area (Å²) in [5.41, 5.74) is 2.20. The van der Waals surface area contributed by atoms with Crippen LogP contribution in [0.5, 0.6) is 0 Å². The average molecular weight is 289 g/mol. The number of rotatable bonds is 2. The zero-order valence-electron chi connectivity index (χ0n) is 12.4. The zero-order valence-corrected chi connectivity index (χ0v) is 13.2. The van der Waals surface area contributed by atoms with Crippen LogP contribution in [0.25, 0.3) is 0 Å². The highest BCUT2D eigenvalue weighted by Gasteiger charge is 2.51. The number of thiophene rings is 1. The first-order valence-electron chi connectivity index (χ1n) is 7.92. The minimum atomic E-state index is 0.133. The molecule has 4 aliphatic rings. The van der Waals surface area contributed by atoms with Crippen LogP contribution in [0.15, 0.2) is 5.38 Å². The van der Waals surface area contributed by atoms with Gasteiger partial charge in [0.25, 0.3) is 5.91 Å². The van der Waals surface area contributed by atoms with E-state index >= 15 is 0 Å². The number of hydrogen-bond donors (Lipinski definition) is 1. The molecule has 0 aliphatic heterocycles. The third-order valence-electron chi connectivity index (χ3n) is 5.95. The predicted octanol–water partition coefficient (Wildman–Crippen LogP) is 4.06. The largest absolute Gasteiger partial charge is 0.347 e. The molecule has 0 atom stereocenters. The molecule has 1 aromatic rings.